The lowest BCUT2D eigenvalue weighted by atomic mass is 9.99. The lowest BCUT2D eigenvalue weighted by Gasteiger charge is -2.20. The lowest BCUT2D eigenvalue weighted by Crippen LogP contribution is -2.23. The van der Waals surface area contributed by atoms with E-state index in [-0.39, 0.29) is 11.9 Å². The van der Waals surface area contributed by atoms with Crippen molar-refractivity contribution in [3.8, 4) is 0 Å². The summed E-state index contributed by atoms with van der Waals surface area (Å²) in [4.78, 5) is 0. The molecule has 1 nitrogen and oxygen atoms in total. The van der Waals surface area contributed by atoms with Crippen molar-refractivity contribution in [3.63, 3.8) is 0 Å². The molecule has 2 aromatic rings. The van der Waals surface area contributed by atoms with E-state index in [1.165, 1.54) is 12.1 Å². The van der Waals surface area contributed by atoms with E-state index < -0.39 is 0 Å². The number of likely N-dealkylation sites (N-methyl/N-ethyl adjacent to an activating group) is 1. The van der Waals surface area contributed by atoms with Gasteiger partial charge in [0.05, 0.1) is 5.02 Å². The number of hydrogen-bond acceptors (Lipinski definition) is 1. The van der Waals surface area contributed by atoms with E-state index in [2.05, 4.69) is 44.1 Å². The smallest absolute Gasteiger partial charge is 0.124 e. The van der Waals surface area contributed by atoms with Crippen LogP contribution in [0.3, 0.4) is 0 Å². The molecule has 1 atom stereocenters. The Balaban J connectivity index is 2.28. The summed E-state index contributed by atoms with van der Waals surface area (Å²) in [7, 11) is 0. The molecular weight excluding hydrogens is 420 g/mol. The minimum absolute atomic E-state index is 0.127. The second-order valence-electron chi connectivity index (χ2n) is 4.72. The molecule has 1 N–H and O–H groups in total. The molecule has 0 aliphatic carbocycles. The molecule has 0 aromatic heterocycles. The summed E-state index contributed by atoms with van der Waals surface area (Å²) in [6.45, 7) is 2.91. The van der Waals surface area contributed by atoms with E-state index in [4.69, 9.17) is 11.6 Å². The van der Waals surface area contributed by atoms with Gasteiger partial charge in [-0.2, -0.15) is 0 Å². The lowest BCUT2D eigenvalue weighted by molar-refractivity contribution is 0.547. The summed E-state index contributed by atoms with van der Waals surface area (Å²) in [6, 6.07) is 10.9. The quantitative estimate of drug-likeness (QED) is 0.617. The van der Waals surface area contributed by atoms with E-state index in [1.54, 1.807) is 0 Å². The number of benzene rings is 2. The van der Waals surface area contributed by atoms with Crippen molar-refractivity contribution in [3.05, 3.63) is 67.3 Å². The molecule has 1 unspecified atom stereocenters. The van der Waals surface area contributed by atoms with E-state index >= 15 is 0 Å². The molecule has 5 heteroatoms. The third-order valence-electron chi connectivity index (χ3n) is 3.24. The molecule has 2 aromatic carbocycles. The first-order valence-electron chi connectivity index (χ1n) is 6.63. The second-order valence-corrected chi connectivity index (χ2v) is 6.84. The minimum atomic E-state index is -0.239. The van der Waals surface area contributed by atoms with Crippen molar-refractivity contribution >= 4 is 43.5 Å². The normalized spacial score (nSPS) is 12.4. The van der Waals surface area contributed by atoms with Gasteiger partial charge in [0, 0.05) is 15.0 Å². The Hall–Kier alpha value is -0.420. The van der Waals surface area contributed by atoms with Crippen LogP contribution in [0.1, 0.15) is 24.1 Å². The van der Waals surface area contributed by atoms with Crippen LogP contribution in [0.4, 0.5) is 4.39 Å². The van der Waals surface area contributed by atoms with Crippen molar-refractivity contribution in [2.75, 3.05) is 6.54 Å². The van der Waals surface area contributed by atoms with Gasteiger partial charge in [-0.3, -0.25) is 0 Å². The monoisotopic (exact) mass is 433 g/mol. The Morgan fingerprint density at radius 1 is 1.14 bits per heavy atom. The van der Waals surface area contributed by atoms with Gasteiger partial charge in [0.25, 0.3) is 0 Å². The Bertz CT molecular complexity index is 634. The molecule has 0 aliphatic rings. The highest BCUT2D eigenvalue weighted by Gasteiger charge is 2.14. The summed E-state index contributed by atoms with van der Waals surface area (Å²) in [5.41, 5.74) is 2.17. The van der Waals surface area contributed by atoms with E-state index in [9.17, 15) is 4.39 Å². The molecule has 2 rings (SSSR count). The van der Waals surface area contributed by atoms with Gasteiger partial charge in [0.2, 0.25) is 0 Å². The van der Waals surface area contributed by atoms with Crippen LogP contribution in [0.2, 0.25) is 5.02 Å². The standard InChI is InChI=1S/C16H15Br2ClFN/c1-2-21-16(11-4-6-13(17)15(19)7-11)8-10-3-5-12(20)9-14(10)18/h3-7,9,16,21H,2,8H2,1H3. The fourth-order valence-electron chi connectivity index (χ4n) is 2.19. The summed E-state index contributed by atoms with van der Waals surface area (Å²) in [5.74, 6) is -0.239. The number of hydrogen-bond donors (Lipinski definition) is 1. The first kappa shape index (κ1) is 16.9. The fraction of sp³-hybridized carbons (Fsp3) is 0.250. The Kier molecular flexibility index (Phi) is 6.23. The van der Waals surface area contributed by atoms with Gasteiger partial charge < -0.3 is 5.32 Å². The summed E-state index contributed by atoms with van der Waals surface area (Å²) in [6.07, 6.45) is 0.757. The average Bonchev–Trinajstić information content (AvgIpc) is 2.44. The Labute approximate surface area is 146 Å². The Morgan fingerprint density at radius 2 is 1.90 bits per heavy atom. The van der Waals surface area contributed by atoms with Crippen LogP contribution in [0.15, 0.2) is 45.3 Å². The zero-order chi connectivity index (χ0) is 15.4. The maximum absolute atomic E-state index is 13.2. The molecule has 112 valence electrons. The molecule has 0 amide bonds. The van der Waals surface area contributed by atoms with Crippen molar-refractivity contribution in [2.24, 2.45) is 0 Å². The van der Waals surface area contributed by atoms with Crippen molar-refractivity contribution in [2.45, 2.75) is 19.4 Å². The van der Waals surface area contributed by atoms with Crippen LogP contribution in [0.5, 0.6) is 0 Å². The van der Waals surface area contributed by atoms with Gasteiger partial charge in [-0.05, 0) is 64.3 Å². The van der Waals surface area contributed by atoms with Crippen molar-refractivity contribution in [1.82, 2.24) is 5.32 Å². The van der Waals surface area contributed by atoms with Crippen LogP contribution in [0.25, 0.3) is 0 Å². The van der Waals surface area contributed by atoms with Crippen LogP contribution >= 0.6 is 43.5 Å². The maximum Gasteiger partial charge on any atom is 0.124 e. The first-order valence-corrected chi connectivity index (χ1v) is 8.60. The van der Waals surface area contributed by atoms with E-state index in [1.807, 2.05) is 24.3 Å². The molecular formula is C16H15Br2ClFN. The molecule has 0 spiro atoms. The predicted molar refractivity (Wildman–Crippen MR) is 93.4 cm³/mol. The second kappa shape index (κ2) is 7.73. The largest absolute Gasteiger partial charge is 0.310 e. The summed E-state index contributed by atoms with van der Waals surface area (Å²) >= 11 is 13.0. The zero-order valence-electron chi connectivity index (χ0n) is 11.5. The highest BCUT2D eigenvalue weighted by molar-refractivity contribution is 9.10. The Morgan fingerprint density at radius 3 is 2.52 bits per heavy atom. The summed E-state index contributed by atoms with van der Waals surface area (Å²) < 4.78 is 14.9. The van der Waals surface area contributed by atoms with Gasteiger partial charge >= 0.3 is 0 Å². The molecule has 0 fully saturated rings. The molecule has 0 bridgehead atoms. The van der Waals surface area contributed by atoms with Crippen LogP contribution in [0, 0.1) is 5.82 Å². The topological polar surface area (TPSA) is 12.0 Å². The molecule has 0 aliphatic heterocycles. The van der Waals surface area contributed by atoms with Gasteiger partial charge in [-0.25, -0.2) is 4.39 Å². The minimum Gasteiger partial charge on any atom is -0.310 e. The van der Waals surface area contributed by atoms with E-state index in [0.717, 1.165) is 33.0 Å². The fourth-order valence-corrected chi connectivity index (χ4v) is 3.14. The average molecular weight is 436 g/mol. The van der Waals surface area contributed by atoms with Crippen LogP contribution in [-0.4, -0.2) is 6.54 Å². The zero-order valence-corrected chi connectivity index (χ0v) is 15.4. The highest BCUT2D eigenvalue weighted by atomic mass is 79.9. The highest BCUT2D eigenvalue weighted by Crippen LogP contribution is 2.29. The SMILES string of the molecule is CCNC(Cc1ccc(F)cc1Br)c1ccc(Br)c(Cl)c1. The molecule has 0 heterocycles. The maximum atomic E-state index is 13.2. The van der Waals surface area contributed by atoms with Crippen LogP contribution < -0.4 is 5.32 Å². The molecule has 0 saturated heterocycles. The van der Waals surface area contributed by atoms with Crippen molar-refractivity contribution in [1.29, 1.82) is 0 Å². The molecule has 21 heavy (non-hydrogen) atoms. The third-order valence-corrected chi connectivity index (χ3v) is 5.21. The summed E-state index contributed by atoms with van der Waals surface area (Å²) in [5, 5.41) is 4.14. The molecule has 0 saturated carbocycles. The number of halogens is 4. The predicted octanol–water partition coefficient (Wildman–Crippen LogP) is 5.90. The van der Waals surface area contributed by atoms with E-state index in [0.29, 0.717) is 5.02 Å². The van der Waals surface area contributed by atoms with Gasteiger partial charge in [0.15, 0.2) is 0 Å². The van der Waals surface area contributed by atoms with Crippen molar-refractivity contribution < 1.29 is 4.39 Å². The first-order chi connectivity index (χ1) is 10.0. The van der Waals surface area contributed by atoms with Gasteiger partial charge in [-0.15, -0.1) is 0 Å². The third kappa shape index (κ3) is 4.52. The molecule has 0 radical (unpaired) electrons. The number of rotatable bonds is 5. The van der Waals surface area contributed by atoms with Gasteiger partial charge in [-0.1, -0.05) is 46.6 Å². The number of nitrogens with one attached hydrogen (secondary N) is 1. The van der Waals surface area contributed by atoms with Gasteiger partial charge in [0.1, 0.15) is 5.82 Å². The van der Waals surface area contributed by atoms with Crippen LogP contribution in [-0.2, 0) is 6.42 Å².